The minimum atomic E-state index is -4.39. The quantitative estimate of drug-likeness (QED) is 0.634. The van der Waals surface area contributed by atoms with Crippen molar-refractivity contribution in [3.8, 4) is 5.75 Å². The fraction of sp³-hybridized carbons (Fsp3) is 0.474. The molecule has 0 N–H and O–H groups in total. The topological polar surface area (TPSA) is 63.0 Å². The molecule has 0 saturated heterocycles. The molecule has 0 radical (unpaired) electrons. The maximum Gasteiger partial charge on any atom is 0.422 e. The Morgan fingerprint density at radius 2 is 1.62 bits per heavy atom. The number of rotatable bonds is 8. The van der Waals surface area contributed by atoms with Crippen LogP contribution in [-0.4, -0.2) is 51.5 Å². The molecule has 2 rings (SSSR count). The second-order valence-corrected chi connectivity index (χ2v) is 9.23. The lowest BCUT2D eigenvalue weighted by atomic mass is 10.1. The number of nitrogens with zero attached hydrogens (tertiary/aromatic N) is 2. The number of aryl methyl sites for hydroxylation is 2. The molecule has 0 aliphatic carbocycles. The lowest BCUT2D eigenvalue weighted by Crippen LogP contribution is -2.21. The van der Waals surface area contributed by atoms with Crippen LogP contribution in [-0.2, 0) is 23.1 Å². The van der Waals surface area contributed by atoms with Gasteiger partial charge in [-0.05, 0) is 49.7 Å². The van der Waals surface area contributed by atoms with E-state index < -0.39 is 22.8 Å². The first kappa shape index (κ1) is 23.2. The van der Waals surface area contributed by atoms with E-state index in [9.17, 15) is 21.6 Å². The Labute approximate surface area is 168 Å². The predicted molar refractivity (Wildman–Crippen MR) is 102 cm³/mol. The molecule has 0 saturated carbocycles. The van der Waals surface area contributed by atoms with E-state index >= 15 is 0 Å². The Morgan fingerprint density at radius 3 is 2.14 bits per heavy atom. The Balaban J connectivity index is 2.06. The molecular formula is C19H25F3N2O4S. The van der Waals surface area contributed by atoms with Gasteiger partial charge in [-0.2, -0.15) is 13.2 Å². The molecule has 6 nitrogen and oxygen atoms in total. The van der Waals surface area contributed by atoms with Gasteiger partial charge in [0.2, 0.25) is 5.09 Å². The number of furan rings is 1. The number of hydrogen-bond acceptors (Lipinski definition) is 5. The van der Waals surface area contributed by atoms with Gasteiger partial charge in [0, 0.05) is 20.6 Å². The zero-order valence-corrected chi connectivity index (χ0v) is 17.8. The van der Waals surface area contributed by atoms with Crippen molar-refractivity contribution in [2.45, 2.75) is 38.2 Å². The molecule has 162 valence electrons. The Hall–Kier alpha value is -2.04. The third kappa shape index (κ3) is 6.22. The van der Waals surface area contributed by atoms with Crippen LogP contribution in [0.25, 0.3) is 0 Å². The first-order valence-corrected chi connectivity index (χ1v) is 10.2. The van der Waals surface area contributed by atoms with E-state index in [1.54, 1.807) is 32.0 Å². The molecule has 0 bridgehead atoms. The molecule has 0 aliphatic rings. The average molecular weight is 434 g/mol. The third-order valence-electron chi connectivity index (χ3n) is 4.15. The number of hydrogen-bond donors (Lipinski definition) is 0. The second kappa shape index (κ2) is 8.76. The largest absolute Gasteiger partial charge is 0.484 e. The minimum Gasteiger partial charge on any atom is -0.484 e. The van der Waals surface area contributed by atoms with Gasteiger partial charge >= 0.3 is 6.18 Å². The monoisotopic (exact) mass is 434 g/mol. The molecule has 1 heterocycles. The summed E-state index contributed by atoms with van der Waals surface area (Å²) in [6.45, 7) is 2.94. The Kier molecular flexibility index (Phi) is 7.02. The van der Waals surface area contributed by atoms with Crippen molar-refractivity contribution in [2.24, 2.45) is 0 Å². The van der Waals surface area contributed by atoms with Crippen molar-refractivity contribution in [3.63, 3.8) is 0 Å². The van der Waals surface area contributed by atoms with E-state index in [2.05, 4.69) is 0 Å². The van der Waals surface area contributed by atoms with Crippen LogP contribution in [0.3, 0.4) is 0 Å². The van der Waals surface area contributed by atoms with Crippen molar-refractivity contribution in [1.82, 2.24) is 9.21 Å². The van der Waals surface area contributed by atoms with Crippen molar-refractivity contribution >= 4 is 10.0 Å². The van der Waals surface area contributed by atoms with Crippen LogP contribution in [0, 0.1) is 13.8 Å². The molecule has 10 heteroatoms. The summed E-state index contributed by atoms with van der Waals surface area (Å²) in [6, 6.07) is 6.58. The van der Waals surface area contributed by atoms with Crippen LogP contribution in [0.1, 0.15) is 22.5 Å². The highest BCUT2D eigenvalue weighted by Crippen LogP contribution is 2.28. The van der Waals surface area contributed by atoms with E-state index in [1.165, 1.54) is 20.2 Å². The fourth-order valence-corrected chi connectivity index (χ4v) is 3.72. The molecule has 0 spiro atoms. The number of sulfonamides is 1. The Morgan fingerprint density at radius 1 is 1.03 bits per heavy atom. The van der Waals surface area contributed by atoms with E-state index in [0.29, 0.717) is 30.0 Å². The third-order valence-corrected chi connectivity index (χ3v) is 5.84. The molecule has 1 aromatic carbocycles. The van der Waals surface area contributed by atoms with Gasteiger partial charge in [0.1, 0.15) is 11.5 Å². The summed E-state index contributed by atoms with van der Waals surface area (Å²) in [4.78, 5) is 1.91. The summed E-state index contributed by atoms with van der Waals surface area (Å²) in [6.07, 6.45) is -4.39. The van der Waals surface area contributed by atoms with Crippen LogP contribution in [0.15, 0.2) is 33.8 Å². The zero-order chi connectivity index (χ0) is 22.0. The lowest BCUT2D eigenvalue weighted by molar-refractivity contribution is -0.153. The van der Waals surface area contributed by atoms with E-state index in [4.69, 9.17) is 9.15 Å². The maximum atomic E-state index is 12.4. The van der Waals surface area contributed by atoms with Crippen LogP contribution < -0.4 is 4.74 Å². The normalized spacial score (nSPS) is 12.8. The van der Waals surface area contributed by atoms with E-state index in [-0.39, 0.29) is 10.8 Å². The van der Waals surface area contributed by atoms with E-state index in [1.807, 2.05) is 11.9 Å². The highest BCUT2D eigenvalue weighted by Gasteiger charge is 2.29. The molecule has 0 fully saturated rings. The van der Waals surface area contributed by atoms with Gasteiger partial charge in [-0.25, -0.2) is 12.7 Å². The lowest BCUT2D eigenvalue weighted by Gasteiger charge is -2.19. The first-order chi connectivity index (χ1) is 13.3. The summed E-state index contributed by atoms with van der Waals surface area (Å²) in [7, 11) is 1.06. The standard InChI is InChI=1S/C19H25F3N2O4S/c1-13-8-15(9-14(2)18(13)27-12-19(20,21)22)10-24(5)11-16-6-7-17(28-16)29(25,26)23(3)4/h6-9H,10-12H2,1-5H3. The molecule has 29 heavy (non-hydrogen) atoms. The highest BCUT2D eigenvalue weighted by atomic mass is 32.2. The number of ether oxygens (including phenoxy) is 1. The molecule has 0 unspecified atom stereocenters. The SMILES string of the molecule is Cc1cc(CN(C)Cc2ccc(S(=O)(=O)N(C)C)o2)cc(C)c1OCC(F)(F)F. The van der Waals surface area contributed by atoms with Crippen LogP contribution >= 0.6 is 0 Å². The van der Waals surface area contributed by atoms with Crippen LogP contribution in [0.2, 0.25) is 0 Å². The van der Waals surface area contributed by atoms with Gasteiger partial charge in [-0.15, -0.1) is 0 Å². The predicted octanol–water partition coefficient (Wildman–Crippen LogP) is 3.72. The van der Waals surface area contributed by atoms with Crippen molar-refractivity contribution in [1.29, 1.82) is 0 Å². The molecule has 0 aliphatic heterocycles. The highest BCUT2D eigenvalue weighted by molar-refractivity contribution is 7.88. The number of alkyl halides is 3. The molecule has 0 atom stereocenters. The van der Waals surface area contributed by atoms with Crippen molar-refractivity contribution in [3.05, 3.63) is 46.7 Å². The van der Waals surface area contributed by atoms with Crippen molar-refractivity contribution in [2.75, 3.05) is 27.7 Å². The van der Waals surface area contributed by atoms with Gasteiger partial charge < -0.3 is 9.15 Å². The minimum absolute atomic E-state index is 0.122. The summed E-state index contributed by atoms with van der Waals surface area (Å²) < 4.78 is 72.8. The average Bonchev–Trinajstić information content (AvgIpc) is 3.01. The van der Waals surface area contributed by atoms with Crippen LogP contribution in [0.5, 0.6) is 5.75 Å². The summed E-state index contributed by atoms with van der Waals surface area (Å²) in [5.74, 6) is 0.727. The van der Waals surface area contributed by atoms with Gasteiger partial charge in [0.25, 0.3) is 10.0 Å². The molecular weight excluding hydrogens is 409 g/mol. The first-order valence-electron chi connectivity index (χ1n) is 8.79. The Bertz CT molecular complexity index is 930. The number of benzene rings is 1. The van der Waals surface area contributed by atoms with E-state index in [0.717, 1.165) is 9.87 Å². The maximum absolute atomic E-state index is 12.4. The second-order valence-electron chi connectivity index (χ2n) is 7.14. The molecule has 1 aromatic heterocycles. The smallest absolute Gasteiger partial charge is 0.422 e. The molecule has 2 aromatic rings. The van der Waals surface area contributed by atoms with Gasteiger partial charge in [0.15, 0.2) is 6.61 Å². The van der Waals surface area contributed by atoms with Crippen molar-refractivity contribution < 1.29 is 30.7 Å². The van der Waals surface area contributed by atoms with Crippen LogP contribution in [0.4, 0.5) is 13.2 Å². The van der Waals surface area contributed by atoms with Gasteiger partial charge in [0.05, 0.1) is 6.54 Å². The zero-order valence-electron chi connectivity index (χ0n) is 17.0. The fourth-order valence-electron chi connectivity index (χ4n) is 2.91. The summed E-state index contributed by atoms with van der Waals surface area (Å²) in [5.41, 5.74) is 2.14. The van der Waals surface area contributed by atoms with Gasteiger partial charge in [-0.3, -0.25) is 4.90 Å². The summed E-state index contributed by atoms with van der Waals surface area (Å²) >= 11 is 0. The summed E-state index contributed by atoms with van der Waals surface area (Å²) in [5, 5.41) is -0.122. The number of halogens is 3. The van der Waals surface area contributed by atoms with Gasteiger partial charge in [-0.1, -0.05) is 12.1 Å². The molecule has 0 amide bonds.